The van der Waals surface area contributed by atoms with Crippen LogP contribution in [0.3, 0.4) is 0 Å². The summed E-state index contributed by atoms with van der Waals surface area (Å²) in [5.74, 6) is -0.130. The molecular weight excluding hydrogens is 411 g/mol. The lowest BCUT2D eigenvalue weighted by atomic mass is 10.1. The molecule has 1 atom stereocenters. The van der Waals surface area contributed by atoms with Crippen molar-refractivity contribution in [3.8, 4) is 5.75 Å². The van der Waals surface area contributed by atoms with Gasteiger partial charge < -0.3 is 15.0 Å². The maximum absolute atomic E-state index is 12.9. The lowest BCUT2D eigenvalue weighted by Crippen LogP contribution is -2.49. The number of unbranched alkanes of at least 4 members (excludes halogenated alkanes) is 1. The van der Waals surface area contributed by atoms with Gasteiger partial charge in [0, 0.05) is 18.1 Å². The van der Waals surface area contributed by atoms with Crippen molar-refractivity contribution in [2.45, 2.75) is 39.3 Å². The lowest BCUT2D eigenvalue weighted by Gasteiger charge is -2.28. The van der Waals surface area contributed by atoms with E-state index >= 15 is 0 Å². The third kappa shape index (κ3) is 7.26. The molecule has 0 saturated carbocycles. The zero-order valence-corrected chi connectivity index (χ0v) is 18.2. The molecule has 0 bridgehead atoms. The summed E-state index contributed by atoms with van der Waals surface area (Å²) in [5, 5.41) is 3.69. The van der Waals surface area contributed by atoms with Crippen molar-refractivity contribution in [1.82, 2.24) is 10.2 Å². The summed E-state index contributed by atoms with van der Waals surface area (Å²) in [6, 6.07) is 13.7. The average molecular weight is 437 g/mol. The third-order valence-corrected chi connectivity index (χ3v) is 4.97. The molecule has 0 heterocycles. The molecule has 5 nitrogen and oxygen atoms in total. The molecule has 1 N–H and O–H groups in total. The summed E-state index contributed by atoms with van der Waals surface area (Å²) in [5.41, 5.74) is 0.929. The Kier molecular flexibility index (Phi) is 9.29. The molecule has 7 heteroatoms. The van der Waals surface area contributed by atoms with Crippen molar-refractivity contribution in [2.75, 3.05) is 13.2 Å². The minimum absolute atomic E-state index is 0.188. The predicted octanol–water partition coefficient (Wildman–Crippen LogP) is 4.71. The number of hydrogen-bond acceptors (Lipinski definition) is 3. The van der Waals surface area contributed by atoms with Gasteiger partial charge in [0.15, 0.2) is 6.61 Å². The molecular formula is C22H26Cl2N2O3. The van der Waals surface area contributed by atoms with E-state index in [9.17, 15) is 9.59 Å². The van der Waals surface area contributed by atoms with Crippen LogP contribution in [0.4, 0.5) is 0 Å². The van der Waals surface area contributed by atoms with E-state index in [0.29, 0.717) is 28.9 Å². The lowest BCUT2D eigenvalue weighted by molar-refractivity contribution is -0.142. The van der Waals surface area contributed by atoms with Crippen LogP contribution in [0.25, 0.3) is 0 Å². The first-order valence-electron chi connectivity index (χ1n) is 9.61. The predicted molar refractivity (Wildman–Crippen MR) is 116 cm³/mol. The zero-order valence-electron chi connectivity index (χ0n) is 16.7. The number of ether oxygens (including phenoxy) is 1. The second-order valence-electron chi connectivity index (χ2n) is 6.69. The number of benzene rings is 2. The van der Waals surface area contributed by atoms with Crippen molar-refractivity contribution in [3.63, 3.8) is 0 Å². The molecule has 2 rings (SSSR count). The number of carbonyl (C=O) groups excluding carboxylic acids is 2. The van der Waals surface area contributed by atoms with Crippen molar-refractivity contribution in [3.05, 3.63) is 64.1 Å². The van der Waals surface area contributed by atoms with Crippen LogP contribution in [0.15, 0.2) is 48.5 Å². The molecule has 0 fully saturated rings. The number of amides is 2. The van der Waals surface area contributed by atoms with Crippen molar-refractivity contribution >= 4 is 35.0 Å². The van der Waals surface area contributed by atoms with E-state index in [2.05, 4.69) is 12.2 Å². The summed E-state index contributed by atoms with van der Waals surface area (Å²) < 4.78 is 5.59. The fourth-order valence-corrected chi connectivity index (χ4v) is 3.18. The van der Waals surface area contributed by atoms with E-state index in [-0.39, 0.29) is 18.4 Å². The van der Waals surface area contributed by atoms with Crippen LogP contribution in [0.2, 0.25) is 10.0 Å². The number of nitrogens with one attached hydrogen (secondary N) is 1. The number of carbonyl (C=O) groups is 2. The van der Waals surface area contributed by atoms with Crippen LogP contribution in [-0.4, -0.2) is 35.9 Å². The van der Waals surface area contributed by atoms with E-state index in [1.165, 1.54) is 4.90 Å². The van der Waals surface area contributed by atoms with Gasteiger partial charge in [0.25, 0.3) is 5.91 Å². The van der Waals surface area contributed by atoms with Crippen LogP contribution < -0.4 is 10.1 Å². The standard InChI is InChI=1S/C22H26Cl2N2O3/c1-3-4-12-25-22(28)16(2)26(14-17-8-6-5-7-9-17)21(27)15-29-20-11-10-18(23)13-19(20)24/h5-11,13,16H,3-4,12,14-15H2,1-2H3,(H,25,28)/t16-/m0/s1. The smallest absolute Gasteiger partial charge is 0.261 e. The fraction of sp³-hybridized carbons (Fsp3) is 0.364. The van der Waals surface area contributed by atoms with E-state index in [4.69, 9.17) is 27.9 Å². The molecule has 0 radical (unpaired) electrons. The normalized spacial score (nSPS) is 11.6. The van der Waals surface area contributed by atoms with Gasteiger partial charge in [-0.3, -0.25) is 9.59 Å². The first kappa shape index (κ1) is 23.0. The highest BCUT2D eigenvalue weighted by molar-refractivity contribution is 6.35. The van der Waals surface area contributed by atoms with Crippen LogP contribution in [0, 0.1) is 0 Å². The average Bonchev–Trinajstić information content (AvgIpc) is 2.71. The van der Waals surface area contributed by atoms with Crippen molar-refractivity contribution in [1.29, 1.82) is 0 Å². The van der Waals surface area contributed by atoms with Gasteiger partial charge in [-0.15, -0.1) is 0 Å². The molecule has 156 valence electrons. The summed E-state index contributed by atoms with van der Waals surface area (Å²) in [6.07, 6.45) is 1.88. The molecule has 2 aromatic rings. The maximum atomic E-state index is 12.9. The van der Waals surface area contributed by atoms with Crippen LogP contribution in [0.5, 0.6) is 5.75 Å². The number of hydrogen-bond donors (Lipinski definition) is 1. The molecule has 0 spiro atoms. The first-order chi connectivity index (χ1) is 13.9. The Balaban J connectivity index is 2.10. The minimum atomic E-state index is -0.635. The highest BCUT2D eigenvalue weighted by atomic mass is 35.5. The van der Waals surface area contributed by atoms with Gasteiger partial charge in [0.05, 0.1) is 5.02 Å². The zero-order chi connectivity index (χ0) is 21.2. The summed E-state index contributed by atoms with van der Waals surface area (Å²) in [4.78, 5) is 27.0. The Bertz CT molecular complexity index is 815. The van der Waals surface area contributed by atoms with Crippen LogP contribution in [-0.2, 0) is 16.1 Å². The highest BCUT2D eigenvalue weighted by Gasteiger charge is 2.26. The van der Waals surface area contributed by atoms with Gasteiger partial charge in [-0.1, -0.05) is 66.9 Å². The fourth-order valence-electron chi connectivity index (χ4n) is 2.71. The third-order valence-electron chi connectivity index (χ3n) is 4.44. The SMILES string of the molecule is CCCCNC(=O)[C@H](C)N(Cc1ccccc1)C(=O)COc1ccc(Cl)cc1Cl. The van der Waals surface area contributed by atoms with E-state index in [1.807, 2.05) is 30.3 Å². The maximum Gasteiger partial charge on any atom is 0.261 e. The monoisotopic (exact) mass is 436 g/mol. The van der Waals surface area contributed by atoms with Crippen molar-refractivity contribution < 1.29 is 14.3 Å². The molecule has 0 aliphatic heterocycles. The number of halogens is 2. The van der Waals surface area contributed by atoms with Crippen molar-refractivity contribution in [2.24, 2.45) is 0 Å². The molecule has 0 unspecified atom stereocenters. The molecule has 0 aromatic heterocycles. The molecule has 2 amide bonds. The Morgan fingerprint density at radius 1 is 1.14 bits per heavy atom. The largest absolute Gasteiger partial charge is 0.482 e. The second kappa shape index (κ2) is 11.7. The van der Waals surface area contributed by atoms with Gasteiger partial charge in [-0.2, -0.15) is 0 Å². The molecule has 29 heavy (non-hydrogen) atoms. The molecule has 0 aliphatic carbocycles. The molecule has 2 aromatic carbocycles. The Morgan fingerprint density at radius 2 is 1.86 bits per heavy atom. The van der Waals surface area contributed by atoms with Crippen LogP contribution in [0.1, 0.15) is 32.3 Å². The summed E-state index contributed by atoms with van der Waals surface area (Å²) >= 11 is 12.0. The van der Waals surface area contributed by atoms with Gasteiger partial charge in [0.1, 0.15) is 11.8 Å². The van der Waals surface area contributed by atoms with E-state index in [1.54, 1.807) is 25.1 Å². The topological polar surface area (TPSA) is 58.6 Å². The van der Waals surface area contributed by atoms with Gasteiger partial charge in [0.2, 0.25) is 5.91 Å². The number of nitrogens with zero attached hydrogens (tertiary/aromatic N) is 1. The Morgan fingerprint density at radius 3 is 2.52 bits per heavy atom. The quantitative estimate of drug-likeness (QED) is 0.548. The molecule has 0 aliphatic rings. The van der Waals surface area contributed by atoms with Gasteiger partial charge >= 0.3 is 0 Å². The minimum Gasteiger partial charge on any atom is -0.482 e. The summed E-state index contributed by atoms with van der Waals surface area (Å²) in [7, 11) is 0. The van der Waals surface area contributed by atoms with Gasteiger partial charge in [-0.05, 0) is 37.1 Å². The molecule has 0 saturated heterocycles. The number of rotatable bonds is 10. The highest BCUT2D eigenvalue weighted by Crippen LogP contribution is 2.27. The van der Waals surface area contributed by atoms with E-state index < -0.39 is 6.04 Å². The van der Waals surface area contributed by atoms with Gasteiger partial charge in [-0.25, -0.2) is 0 Å². The first-order valence-corrected chi connectivity index (χ1v) is 10.4. The Labute approximate surface area is 181 Å². The summed E-state index contributed by atoms with van der Waals surface area (Å²) in [6.45, 7) is 4.43. The van der Waals surface area contributed by atoms with Crippen LogP contribution >= 0.6 is 23.2 Å². The second-order valence-corrected chi connectivity index (χ2v) is 7.53. The Hall–Kier alpha value is -2.24. The van der Waals surface area contributed by atoms with E-state index in [0.717, 1.165) is 18.4 Å².